The van der Waals surface area contributed by atoms with Crippen molar-refractivity contribution in [1.82, 2.24) is 9.80 Å². The summed E-state index contributed by atoms with van der Waals surface area (Å²) in [6.45, 7) is 1.11. The zero-order valence-electron chi connectivity index (χ0n) is 9.40. The van der Waals surface area contributed by atoms with Gasteiger partial charge in [0, 0.05) is 26.3 Å². The summed E-state index contributed by atoms with van der Waals surface area (Å²) in [5.74, 6) is 0.00694. The molecular formula is C11H14N2OS2. The molecule has 0 aromatic heterocycles. The highest BCUT2D eigenvalue weighted by molar-refractivity contribution is 8.26. The average molecular weight is 254 g/mol. The predicted octanol–water partition coefficient (Wildman–Crippen LogP) is 1.97. The lowest BCUT2D eigenvalue weighted by atomic mass is 10.3. The van der Waals surface area contributed by atoms with Crippen LogP contribution in [0.15, 0.2) is 22.8 Å². The molecule has 16 heavy (non-hydrogen) atoms. The zero-order chi connectivity index (χ0) is 11.7. The van der Waals surface area contributed by atoms with Gasteiger partial charge in [-0.2, -0.15) is 0 Å². The fourth-order valence-electron chi connectivity index (χ4n) is 1.77. The Balaban J connectivity index is 2.14. The van der Waals surface area contributed by atoms with Crippen LogP contribution in [0.25, 0.3) is 0 Å². The molecule has 2 heterocycles. The van der Waals surface area contributed by atoms with Gasteiger partial charge in [0.25, 0.3) is 5.91 Å². The van der Waals surface area contributed by atoms with Gasteiger partial charge in [-0.1, -0.05) is 24.0 Å². The first-order valence-electron chi connectivity index (χ1n) is 5.21. The summed E-state index contributed by atoms with van der Waals surface area (Å²) in [5, 5.41) is 0. The van der Waals surface area contributed by atoms with E-state index in [0.29, 0.717) is 4.32 Å². The Morgan fingerprint density at radius 1 is 1.38 bits per heavy atom. The van der Waals surface area contributed by atoms with Crippen LogP contribution in [0.5, 0.6) is 0 Å². The third-order valence-corrected chi connectivity index (χ3v) is 4.33. The van der Waals surface area contributed by atoms with Crippen molar-refractivity contribution in [2.75, 3.05) is 20.6 Å². The molecule has 2 fully saturated rings. The molecule has 0 aromatic carbocycles. The second kappa shape index (κ2) is 4.59. The number of carbonyl (C=O) groups excluding carboxylic acids is 1. The molecule has 3 nitrogen and oxygen atoms in total. The standard InChI is InChI=1S/C11H14N2OS2/c1-12-7-3-4-8(12)5-6-9-10(14)13(2)11(15)16-9/h5-6H,3-4,7H2,1-2H3. The van der Waals surface area contributed by atoms with E-state index in [-0.39, 0.29) is 5.91 Å². The highest BCUT2D eigenvalue weighted by Gasteiger charge is 2.28. The minimum absolute atomic E-state index is 0.00694. The molecule has 1 amide bonds. The van der Waals surface area contributed by atoms with E-state index in [4.69, 9.17) is 12.2 Å². The number of carbonyl (C=O) groups is 1. The molecule has 2 aliphatic rings. The van der Waals surface area contributed by atoms with Crippen LogP contribution in [0.1, 0.15) is 12.8 Å². The van der Waals surface area contributed by atoms with E-state index >= 15 is 0 Å². The number of thiocarbonyl (C=S) groups is 1. The second-order valence-electron chi connectivity index (χ2n) is 3.95. The topological polar surface area (TPSA) is 23.6 Å². The van der Waals surface area contributed by atoms with Crippen molar-refractivity contribution in [3.05, 3.63) is 22.8 Å². The van der Waals surface area contributed by atoms with Gasteiger partial charge < -0.3 is 4.90 Å². The second-order valence-corrected chi connectivity index (χ2v) is 5.62. The Kier molecular flexibility index (Phi) is 3.35. The van der Waals surface area contributed by atoms with Crippen LogP contribution in [0.4, 0.5) is 0 Å². The van der Waals surface area contributed by atoms with Crippen molar-refractivity contribution in [1.29, 1.82) is 0 Å². The smallest absolute Gasteiger partial charge is 0.265 e. The summed E-state index contributed by atoms with van der Waals surface area (Å²) in [5.41, 5.74) is 1.29. The third kappa shape index (κ3) is 2.15. The maximum Gasteiger partial charge on any atom is 0.265 e. The first-order valence-corrected chi connectivity index (χ1v) is 6.44. The molecule has 0 spiro atoms. The monoisotopic (exact) mass is 254 g/mol. The predicted molar refractivity (Wildman–Crippen MR) is 71.0 cm³/mol. The van der Waals surface area contributed by atoms with Gasteiger partial charge in [-0.3, -0.25) is 9.69 Å². The van der Waals surface area contributed by atoms with Gasteiger partial charge in [0.15, 0.2) is 0 Å². The number of hydrogen-bond donors (Lipinski definition) is 0. The van der Waals surface area contributed by atoms with Crippen LogP contribution in [0, 0.1) is 0 Å². The SMILES string of the molecule is CN1CCCC1=CC=C1SC(=S)N(C)C1=O. The molecule has 0 N–H and O–H groups in total. The van der Waals surface area contributed by atoms with Crippen LogP contribution >= 0.6 is 24.0 Å². The van der Waals surface area contributed by atoms with Gasteiger partial charge in [0.05, 0.1) is 4.91 Å². The van der Waals surface area contributed by atoms with Crippen molar-refractivity contribution < 1.29 is 4.79 Å². The fourth-order valence-corrected chi connectivity index (χ4v) is 2.89. The Labute approximate surface area is 105 Å². The zero-order valence-corrected chi connectivity index (χ0v) is 11.0. The summed E-state index contributed by atoms with van der Waals surface area (Å²) >= 11 is 6.44. The van der Waals surface area contributed by atoms with Gasteiger partial charge in [0.2, 0.25) is 0 Å². The number of likely N-dealkylation sites (N-methyl/N-ethyl adjacent to an activating group) is 1. The summed E-state index contributed by atoms with van der Waals surface area (Å²) in [4.78, 5) is 16.2. The molecule has 5 heteroatoms. The Bertz CT molecular complexity index is 401. The number of nitrogens with zero attached hydrogens (tertiary/aromatic N) is 2. The minimum atomic E-state index is 0.00694. The summed E-state index contributed by atoms with van der Waals surface area (Å²) in [6.07, 6.45) is 6.22. The van der Waals surface area contributed by atoms with Crippen LogP contribution in [-0.2, 0) is 4.79 Å². The van der Waals surface area contributed by atoms with Crippen LogP contribution in [0.2, 0.25) is 0 Å². The highest BCUT2D eigenvalue weighted by atomic mass is 32.2. The molecule has 0 unspecified atom stereocenters. The van der Waals surface area contributed by atoms with Crippen molar-refractivity contribution in [2.45, 2.75) is 12.8 Å². The molecule has 2 saturated heterocycles. The number of hydrogen-bond acceptors (Lipinski definition) is 4. The summed E-state index contributed by atoms with van der Waals surface area (Å²) < 4.78 is 0.634. The summed E-state index contributed by atoms with van der Waals surface area (Å²) in [7, 11) is 3.80. The number of amides is 1. The first kappa shape index (κ1) is 11.7. The van der Waals surface area contributed by atoms with E-state index in [1.54, 1.807) is 7.05 Å². The van der Waals surface area contributed by atoms with Crippen molar-refractivity contribution in [3.8, 4) is 0 Å². The quantitative estimate of drug-likeness (QED) is 0.527. The van der Waals surface area contributed by atoms with Gasteiger partial charge in [-0.15, -0.1) is 0 Å². The number of thioether (sulfide) groups is 1. The van der Waals surface area contributed by atoms with E-state index in [1.165, 1.54) is 28.8 Å². The lowest BCUT2D eigenvalue weighted by Gasteiger charge is -2.11. The van der Waals surface area contributed by atoms with E-state index in [9.17, 15) is 4.79 Å². The Morgan fingerprint density at radius 2 is 2.12 bits per heavy atom. The maximum atomic E-state index is 11.7. The number of likely N-dealkylation sites (tertiary alicyclic amines) is 1. The third-order valence-electron chi connectivity index (χ3n) is 2.83. The van der Waals surface area contributed by atoms with E-state index in [1.807, 2.05) is 12.2 Å². The normalized spacial score (nSPS) is 26.6. The fraction of sp³-hybridized carbons (Fsp3) is 0.455. The molecule has 0 radical (unpaired) electrons. The number of allylic oxidation sites excluding steroid dienone is 3. The Hall–Kier alpha value is -0.810. The lowest BCUT2D eigenvalue weighted by Crippen LogP contribution is -2.22. The molecule has 0 aliphatic carbocycles. The van der Waals surface area contributed by atoms with E-state index < -0.39 is 0 Å². The van der Waals surface area contributed by atoms with Crippen LogP contribution < -0.4 is 0 Å². The van der Waals surface area contributed by atoms with E-state index in [2.05, 4.69) is 11.9 Å². The van der Waals surface area contributed by atoms with E-state index in [0.717, 1.165) is 17.9 Å². The lowest BCUT2D eigenvalue weighted by molar-refractivity contribution is -0.121. The van der Waals surface area contributed by atoms with Gasteiger partial charge in [-0.25, -0.2) is 0 Å². The molecule has 0 atom stereocenters. The minimum Gasteiger partial charge on any atom is -0.378 e. The first-order chi connectivity index (χ1) is 7.59. The number of rotatable bonds is 1. The molecule has 2 rings (SSSR count). The van der Waals surface area contributed by atoms with Gasteiger partial charge >= 0.3 is 0 Å². The maximum absolute atomic E-state index is 11.7. The Morgan fingerprint density at radius 3 is 2.62 bits per heavy atom. The average Bonchev–Trinajstić information content (AvgIpc) is 2.76. The van der Waals surface area contributed by atoms with Crippen molar-refractivity contribution >= 4 is 34.2 Å². The molecular weight excluding hydrogens is 240 g/mol. The largest absolute Gasteiger partial charge is 0.378 e. The molecule has 0 saturated carbocycles. The van der Waals surface area contributed by atoms with Gasteiger partial charge in [0.1, 0.15) is 4.32 Å². The van der Waals surface area contributed by atoms with Crippen molar-refractivity contribution in [3.63, 3.8) is 0 Å². The summed E-state index contributed by atoms with van der Waals surface area (Å²) in [6, 6.07) is 0. The van der Waals surface area contributed by atoms with Crippen LogP contribution in [0.3, 0.4) is 0 Å². The van der Waals surface area contributed by atoms with Crippen LogP contribution in [-0.4, -0.2) is 40.7 Å². The van der Waals surface area contributed by atoms with Gasteiger partial charge in [-0.05, 0) is 25.0 Å². The molecule has 2 aliphatic heterocycles. The molecule has 86 valence electrons. The molecule has 0 bridgehead atoms. The van der Waals surface area contributed by atoms with Crippen molar-refractivity contribution in [2.24, 2.45) is 0 Å². The molecule has 0 aromatic rings. The highest BCUT2D eigenvalue weighted by Crippen LogP contribution is 2.30.